The van der Waals surface area contributed by atoms with Crippen LogP contribution in [0, 0.1) is 0 Å². The Balaban J connectivity index is 1.23. The summed E-state index contributed by atoms with van der Waals surface area (Å²) in [6.07, 6.45) is 5.52. The van der Waals surface area contributed by atoms with Crippen LogP contribution in [-0.4, -0.2) is 86.1 Å². The van der Waals surface area contributed by atoms with E-state index in [4.69, 9.17) is 10.6 Å². The molecule has 0 bridgehead atoms. The van der Waals surface area contributed by atoms with Crippen LogP contribution in [0.15, 0.2) is 46.0 Å². The van der Waals surface area contributed by atoms with E-state index in [0.29, 0.717) is 22.9 Å². The van der Waals surface area contributed by atoms with Gasteiger partial charge in [-0.2, -0.15) is 9.36 Å². The number of oxime groups is 1. The third-order valence-electron chi connectivity index (χ3n) is 5.76. The minimum atomic E-state index is -1.14. The minimum Gasteiger partial charge on any atom is -0.477 e. The fourth-order valence-corrected chi connectivity index (χ4v) is 6.62. The zero-order valence-corrected chi connectivity index (χ0v) is 22.7. The summed E-state index contributed by atoms with van der Waals surface area (Å²) in [4.78, 5) is 47.7. The van der Waals surface area contributed by atoms with Crippen molar-refractivity contribution in [1.29, 1.82) is 0 Å². The van der Waals surface area contributed by atoms with Crippen molar-refractivity contribution in [2.24, 2.45) is 5.16 Å². The van der Waals surface area contributed by atoms with Gasteiger partial charge in [-0.05, 0) is 34.9 Å². The first-order valence-corrected chi connectivity index (χ1v) is 14.4. The SMILES string of the molecule is C=C(Cn1nnnc1SCC1=C(C(=O)O)N2C(=O)CC2SC1)NC(=O)/C(=N/OC1C=CCC1)c1nsc(N)n1. The van der Waals surface area contributed by atoms with Crippen LogP contribution >= 0.6 is 35.1 Å². The Hall–Kier alpha value is -3.77. The Kier molecular flexibility index (Phi) is 7.94. The number of aromatic nitrogens is 6. The van der Waals surface area contributed by atoms with Gasteiger partial charge in [0.25, 0.3) is 5.91 Å². The van der Waals surface area contributed by atoms with Crippen LogP contribution in [0.2, 0.25) is 0 Å². The molecule has 5 rings (SSSR count). The predicted molar refractivity (Wildman–Crippen MR) is 142 cm³/mol. The number of nitrogens with zero attached hydrogens (tertiary/aromatic N) is 8. The van der Waals surface area contributed by atoms with Gasteiger partial charge in [-0.1, -0.05) is 29.6 Å². The molecule has 4 N–H and O–H groups in total. The monoisotopic (exact) mass is 590 g/mol. The Labute approximate surface area is 233 Å². The smallest absolute Gasteiger partial charge is 0.352 e. The zero-order chi connectivity index (χ0) is 27.5. The number of β-lactam (4-membered cyclic amide) rings is 1. The quantitative estimate of drug-likeness (QED) is 0.108. The predicted octanol–water partition coefficient (Wildman–Crippen LogP) is 0.612. The van der Waals surface area contributed by atoms with Crippen LogP contribution < -0.4 is 11.1 Å². The van der Waals surface area contributed by atoms with E-state index < -0.39 is 11.9 Å². The fourth-order valence-electron chi connectivity index (χ4n) is 3.91. The summed E-state index contributed by atoms with van der Waals surface area (Å²) in [6, 6.07) is 0. The summed E-state index contributed by atoms with van der Waals surface area (Å²) >= 11 is 3.67. The molecule has 1 fully saturated rings. The lowest BCUT2D eigenvalue weighted by Gasteiger charge is -2.43. The Bertz CT molecular complexity index is 1420. The van der Waals surface area contributed by atoms with Gasteiger partial charge in [0.1, 0.15) is 11.8 Å². The average molecular weight is 591 g/mol. The van der Waals surface area contributed by atoms with Gasteiger partial charge in [-0.15, -0.1) is 16.9 Å². The Morgan fingerprint density at radius 2 is 2.26 bits per heavy atom. The molecule has 2 amide bonds. The van der Waals surface area contributed by atoms with E-state index >= 15 is 0 Å². The van der Waals surface area contributed by atoms with Crippen LogP contribution in [0.4, 0.5) is 5.13 Å². The first kappa shape index (κ1) is 26.8. The number of fused-ring (bicyclic) bond motifs is 1. The van der Waals surface area contributed by atoms with E-state index in [2.05, 4.69) is 41.9 Å². The molecular formula is C21H22N10O5S3. The van der Waals surface area contributed by atoms with Gasteiger partial charge in [0.15, 0.2) is 5.13 Å². The minimum absolute atomic E-state index is 0.0246. The maximum atomic E-state index is 13.0. The third kappa shape index (κ3) is 5.96. The van der Waals surface area contributed by atoms with Crippen molar-refractivity contribution in [1.82, 2.24) is 39.8 Å². The molecule has 2 aliphatic heterocycles. The number of hydrogen-bond acceptors (Lipinski definition) is 14. The maximum Gasteiger partial charge on any atom is 0.352 e. The molecule has 0 spiro atoms. The number of carboxylic acid groups (broad SMARTS) is 1. The van der Waals surface area contributed by atoms with Crippen LogP contribution in [0.3, 0.4) is 0 Å². The largest absolute Gasteiger partial charge is 0.477 e. The molecule has 3 aliphatic rings. The van der Waals surface area contributed by atoms with Gasteiger partial charge in [-0.25, -0.2) is 9.48 Å². The van der Waals surface area contributed by atoms with E-state index in [0.717, 1.165) is 24.4 Å². The second kappa shape index (κ2) is 11.5. The molecule has 39 heavy (non-hydrogen) atoms. The Morgan fingerprint density at radius 3 is 2.95 bits per heavy atom. The van der Waals surface area contributed by atoms with Gasteiger partial charge in [0, 0.05) is 28.7 Å². The van der Waals surface area contributed by atoms with E-state index in [-0.39, 0.29) is 57.7 Å². The highest BCUT2D eigenvalue weighted by Crippen LogP contribution is 2.41. The van der Waals surface area contributed by atoms with Crippen molar-refractivity contribution < 1.29 is 24.3 Å². The maximum absolute atomic E-state index is 13.0. The molecule has 1 aliphatic carbocycles. The molecule has 2 aromatic rings. The molecule has 2 unspecified atom stereocenters. The van der Waals surface area contributed by atoms with Gasteiger partial charge in [0.05, 0.1) is 18.3 Å². The van der Waals surface area contributed by atoms with Crippen molar-refractivity contribution in [2.45, 2.75) is 42.4 Å². The third-order valence-corrected chi connectivity index (χ3v) is 8.62. The second-order valence-electron chi connectivity index (χ2n) is 8.50. The number of allylic oxidation sites excluding steroid dienone is 2. The van der Waals surface area contributed by atoms with Crippen molar-refractivity contribution in [3.05, 3.63) is 41.5 Å². The number of carbonyl (C=O) groups is 3. The van der Waals surface area contributed by atoms with E-state index in [1.807, 2.05) is 12.2 Å². The number of nitrogens with two attached hydrogens (primary N) is 1. The summed E-state index contributed by atoms with van der Waals surface area (Å²) in [5.74, 6) is -1.20. The first-order valence-electron chi connectivity index (χ1n) is 11.6. The normalized spacial score (nSPS) is 20.6. The number of aliphatic carboxylic acids is 1. The number of anilines is 1. The molecule has 0 saturated carbocycles. The van der Waals surface area contributed by atoms with Crippen LogP contribution in [0.5, 0.6) is 0 Å². The van der Waals surface area contributed by atoms with Gasteiger partial charge in [-0.3, -0.25) is 14.5 Å². The van der Waals surface area contributed by atoms with Crippen molar-refractivity contribution in [3.63, 3.8) is 0 Å². The lowest BCUT2D eigenvalue weighted by molar-refractivity contribution is -0.146. The molecule has 2 atom stereocenters. The summed E-state index contributed by atoms with van der Waals surface area (Å²) in [6.45, 7) is 3.91. The number of nitrogens with one attached hydrogen (secondary N) is 1. The van der Waals surface area contributed by atoms with Crippen LogP contribution in [-0.2, 0) is 25.8 Å². The van der Waals surface area contributed by atoms with Crippen LogP contribution in [0.25, 0.3) is 0 Å². The number of carboxylic acids is 1. The standard InChI is InChI=1S/C21H22N10O5S3/c1-10(23-18(33)15(17-24-20(22)39-27-17)26-36-12-4-2-3-5-12)7-30-21(25-28-29-30)38-9-11-8-37-14-6-13(32)31(14)16(11)19(34)35/h2,4,12,14H,1,3,5-9H2,(H,23,33)(H,34,35)(H2,22,24,27)/b26-15+. The molecule has 15 nitrogen and oxygen atoms in total. The number of carbonyl (C=O) groups excluding carboxylic acids is 2. The topological polar surface area (TPSA) is 204 Å². The number of hydrogen-bond donors (Lipinski definition) is 3. The average Bonchev–Trinajstić information content (AvgIpc) is 3.65. The highest BCUT2D eigenvalue weighted by atomic mass is 32.2. The van der Waals surface area contributed by atoms with Gasteiger partial charge >= 0.3 is 5.97 Å². The number of rotatable bonds is 11. The summed E-state index contributed by atoms with van der Waals surface area (Å²) < 4.78 is 5.47. The van der Waals surface area contributed by atoms with E-state index in [9.17, 15) is 19.5 Å². The first-order chi connectivity index (χ1) is 18.8. The highest BCUT2D eigenvalue weighted by Gasteiger charge is 2.45. The van der Waals surface area contributed by atoms with Crippen molar-refractivity contribution in [2.75, 3.05) is 17.2 Å². The van der Waals surface area contributed by atoms with E-state index in [1.165, 1.54) is 33.1 Å². The molecule has 0 radical (unpaired) electrons. The summed E-state index contributed by atoms with van der Waals surface area (Å²) in [5.41, 5.74) is 6.41. The number of amides is 2. The molecule has 1 saturated heterocycles. The molecule has 204 valence electrons. The van der Waals surface area contributed by atoms with Gasteiger partial charge in [0.2, 0.25) is 22.6 Å². The summed E-state index contributed by atoms with van der Waals surface area (Å²) in [5, 5.41) is 28.4. The fraction of sp³-hybridized carbons (Fsp3) is 0.381. The summed E-state index contributed by atoms with van der Waals surface area (Å²) in [7, 11) is 0. The van der Waals surface area contributed by atoms with Crippen molar-refractivity contribution >= 4 is 63.7 Å². The molecular weight excluding hydrogens is 568 g/mol. The lowest BCUT2D eigenvalue weighted by atomic mass is 10.1. The van der Waals surface area contributed by atoms with Crippen molar-refractivity contribution in [3.8, 4) is 0 Å². The number of tetrazole rings is 1. The molecule has 18 heteroatoms. The number of thioether (sulfide) groups is 2. The lowest BCUT2D eigenvalue weighted by Crippen LogP contribution is -2.54. The van der Waals surface area contributed by atoms with Gasteiger partial charge < -0.3 is 21.0 Å². The zero-order valence-electron chi connectivity index (χ0n) is 20.2. The second-order valence-corrected chi connectivity index (χ2v) is 11.4. The Morgan fingerprint density at radius 1 is 1.41 bits per heavy atom. The van der Waals surface area contributed by atoms with E-state index in [1.54, 1.807) is 0 Å². The number of nitrogen functional groups attached to an aromatic ring is 1. The highest BCUT2D eigenvalue weighted by molar-refractivity contribution is 8.00. The van der Waals surface area contributed by atoms with Crippen LogP contribution in [0.1, 0.15) is 25.1 Å². The molecule has 4 heterocycles. The molecule has 2 aromatic heterocycles. The molecule has 0 aromatic carbocycles.